The molecule has 5 nitrogen and oxygen atoms in total. The molecule has 1 amide bonds. The molecule has 0 fully saturated rings. The smallest absolute Gasteiger partial charge is 0.253 e. The van der Waals surface area contributed by atoms with Gasteiger partial charge in [0.15, 0.2) is 17.5 Å². The second-order valence-electron chi connectivity index (χ2n) is 3.82. The Kier molecular flexibility index (Phi) is 4.74. The van der Waals surface area contributed by atoms with Gasteiger partial charge in [-0.05, 0) is 12.1 Å². The normalized spacial score (nSPS) is 11.5. The van der Waals surface area contributed by atoms with Gasteiger partial charge in [-0.1, -0.05) is 5.16 Å². The summed E-state index contributed by atoms with van der Waals surface area (Å²) in [5.41, 5.74) is 4.90. The number of amides is 1. The summed E-state index contributed by atoms with van der Waals surface area (Å²) in [5, 5.41) is 11.0. The summed E-state index contributed by atoms with van der Waals surface area (Å²) >= 11 is 0. The average molecular weight is 275 g/mol. The monoisotopic (exact) mass is 275 g/mol. The number of rotatable bonds is 4. The first-order valence-corrected chi connectivity index (χ1v) is 5.23. The summed E-state index contributed by atoms with van der Waals surface area (Å²) < 4.78 is 38.7. The Labute approximate surface area is 107 Å². The van der Waals surface area contributed by atoms with Crippen LogP contribution in [0.3, 0.4) is 0 Å². The van der Waals surface area contributed by atoms with Gasteiger partial charge in [0.05, 0.1) is 0 Å². The Morgan fingerprint density at radius 3 is 2.37 bits per heavy atom. The first-order chi connectivity index (χ1) is 8.86. The van der Waals surface area contributed by atoms with E-state index < -0.39 is 23.4 Å². The number of benzene rings is 1. The molecule has 19 heavy (non-hydrogen) atoms. The molecule has 0 bridgehead atoms. The minimum atomic E-state index is -1.63. The van der Waals surface area contributed by atoms with Gasteiger partial charge in [-0.2, -0.15) is 0 Å². The van der Waals surface area contributed by atoms with Gasteiger partial charge in [0.2, 0.25) is 0 Å². The molecule has 8 heteroatoms. The Morgan fingerprint density at radius 2 is 1.89 bits per heavy atom. The number of carbonyl (C=O) groups is 1. The van der Waals surface area contributed by atoms with E-state index in [2.05, 4.69) is 5.16 Å². The molecule has 0 aromatic heterocycles. The van der Waals surface area contributed by atoms with Crippen LogP contribution in [0.25, 0.3) is 0 Å². The first-order valence-electron chi connectivity index (χ1n) is 5.23. The predicted molar refractivity (Wildman–Crippen MR) is 61.3 cm³/mol. The summed E-state index contributed by atoms with van der Waals surface area (Å²) in [6.07, 6.45) is 0.0882. The maximum atomic E-state index is 13.0. The number of amidine groups is 1. The lowest BCUT2D eigenvalue weighted by molar-refractivity contribution is 0.0797. The zero-order chi connectivity index (χ0) is 14.6. The molecule has 0 unspecified atom stereocenters. The summed E-state index contributed by atoms with van der Waals surface area (Å²) in [5.74, 6) is -5.29. The van der Waals surface area contributed by atoms with Gasteiger partial charge in [0.1, 0.15) is 5.84 Å². The van der Waals surface area contributed by atoms with Crippen molar-refractivity contribution in [3.63, 3.8) is 0 Å². The van der Waals surface area contributed by atoms with Crippen molar-refractivity contribution in [2.45, 2.75) is 6.42 Å². The van der Waals surface area contributed by atoms with Gasteiger partial charge in [-0.15, -0.1) is 0 Å². The number of hydrogen-bond acceptors (Lipinski definition) is 3. The largest absolute Gasteiger partial charge is 0.409 e. The summed E-state index contributed by atoms with van der Waals surface area (Å²) in [7, 11) is 1.37. The molecule has 3 N–H and O–H groups in total. The van der Waals surface area contributed by atoms with Gasteiger partial charge in [-0.25, -0.2) is 13.2 Å². The van der Waals surface area contributed by atoms with E-state index in [1.165, 1.54) is 7.05 Å². The zero-order valence-electron chi connectivity index (χ0n) is 10.0. The fourth-order valence-corrected chi connectivity index (χ4v) is 1.33. The van der Waals surface area contributed by atoms with Crippen LogP contribution in [0.2, 0.25) is 0 Å². The minimum Gasteiger partial charge on any atom is -0.409 e. The average Bonchev–Trinajstić information content (AvgIpc) is 2.40. The standard InChI is InChI=1S/C11H12F3N3O2/c1-17(3-2-9(15)16-19)11(18)6-4-7(12)10(14)8(13)5-6/h4-5,19H,2-3H2,1H3,(H2,15,16). The third-order valence-corrected chi connectivity index (χ3v) is 2.41. The molecule has 0 aliphatic rings. The lowest BCUT2D eigenvalue weighted by Gasteiger charge is -2.16. The molecule has 0 saturated heterocycles. The van der Waals surface area contributed by atoms with Crippen molar-refractivity contribution in [2.75, 3.05) is 13.6 Å². The van der Waals surface area contributed by atoms with Crippen molar-refractivity contribution in [2.24, 2.45) is 10.9 Å². The fourth-order valence-electron chi connectivity index (χ4n) is 1.33. The van der Waals surface area contributed by atoms with E-state index >= 15 is 0 Å². The first kappa shape index (κ1) is 14.8. The predicted octanol–water partition coefficient (Wildman–Crippen LogP) is 1.31. The molecule has 1 aromatic rings. The van der Waals surface area contributed by atoms with Crippen LogP contribution in [-0.4, -0.2) is 35.4 Å². The van der Waals surface area contributed by atoms with Crippen molar-refractivity contribution in [3.05, 3.63) is 35.1 Å². The second kappa shape index (κ2) is 6.07. The molecule has 104 valence electrons. The highest BCUT2D eigenvalue weighted by atomic mass is 19.2. The lowest BCUT2D eigenvalue weighted by atomic mass is 10.1. The van der Waals surface area contributed by atoms with Crippen molar-refractivity contribution in [1.29, 1.82) is 0 Å². The van der Waals surface area contributed by atoms with E-state index in [9.17, 15) is 18.0 Å². The van der Waals surface area contributed by atoms with Gasteiger partial charge in [0.25, 0.3) is 5.91 Å². The summed E-state index contributed by atoms with van der Waals surface area (Å²) in [6, 6.07) is 1.22. The Hall–Kier alpha value is -2.25. The number of oxime groups is 1. The maximum absolute atomic E-state index is 13.0. The highest BCUT2D eigenvalue weighted by molar-refractivity contribution is 5.94. The van der Waals surface area contributed by atoms with Crippen LogP contribution in [0.5, 0.6) is 0 Å². The van der Waals surface area contributed by atoms with Gasteiger partial charge >= 0.3 is 0 Å². The van der Waals surface area contributed by atoms with E-state index in [1.54, 1.807) is 0 Å². The lowest BCUT2D eigenvalue weighted by Crippen LogP contribution is -2.30. The Bertz CT molecular complexity index is 497. The number of hydrogen-bond donors (Lipinski definition) is 2. The molecular weight excluding hydrogens is 263 g/mol. The molecular formula is C11H12F3N3O2. The molecule has 0 spiro atoms. The number of halogens is 3. The summed E-state index contributed by atoms with van der Waals surface area (Å²) in [4.78, 5) is 12.9. The van der Waals surface area contributed by atoms with Crippen LogP contribution in [0, 0.1) is 17.5 Å². The summed E-state index contributed by atoms with van der Waals surface area (Å²) in [6.45, 7) is 0.0787. The molecule has 0 heterocycles. The minimum absolute atomic E-state index is 0.0787. The highest BCUT2D eigenvalue weighted by Crippen LogP contribution is 2.14. The van der Waals surface area contributed by atoms with Gasteiger partial charge < -0.3 is 15.8 Å². The molecule has 1 aromatic carbocycles. The van der Waals surface area contributed by atoms with Crippen LogP contribution < -0.4 is 5.73 Å². The van der Waals surface area contributed by atoms with Crippen LogP contribution in [0.4, 0.5) is 13.2 Å². The van der Waals surface area contributed by atoms with E-state index in [0.717, 1.165) is 4.90 Å². The highest BCUT2D eigenvalue weighted by Gasteiger charge is 2.17. The van der Waals surface area contributed by atoms with Crippen molar-refractivity contribution in [3.8, 4) is 0 Å². The second-order valence-corrected chi connectivity index (χ2v) is 3.82. The van der Waals surface area contributed by atoms with Gasteiger partial charge in [-0.3, -0.25) is 4.79 Å². The molecule has 0 atom stereocenters. The topological polar surface area (TPSA) is 78.9 Å². The van der Waals surface area contributed by atoms with E-state index in [1.807, 2.05) is 0 Å². The third kappa shape index (κ3) is 3.60. The van der Waals surface area contributed by atoms with E-state index in [4.69, 9.17) is 10.9 Å². The quantitative estimate of drug-likeness (QED) is 0.286. The van der Waals surface area contributed by atoms with E-state index in [-0.39, 0.29) is 24.4 Å². The number of nitrogens with two attached hydrogens (primary N) is 1. The molecule has 0 saturated carbocycles. The van der Waals surface area contributed by atoms with Crippen molar-refractivity contribution in [1.82, 2.24) is 4.90 Å². The van der Waals surface area contributed by atoms with Gasteiger partial charge in [0, 0.05) is 25.6 Å². The van der Waals surface area contributed by atoms with Crippen LogP contribution in [0.1, 0.15) is 16.8 Å². The third-order valence-electron chi connectivity index (χ3n) is 2.41. The maximum Gasteiger partial charge on any atom is 0.253 e. The van der Waals surface area contributed by atoms with Crippen molar-refractivity contribution < 1.29 is 23.2 Å². The van der Waals surface area contributed by atoms with Crippen LogP contribution in [0.15, 0.2) is 17.3 Å². The fraction of sp³-hybridized carbons (Fsp3) is 0.273. The number of nitrogens with zero attached hydrogens (tertiary/aromatic N) is 2. The Morgan fingerprint density at radius 1 is 1.37 bits per heavy atom. The zero-order valence-corrected chi connectivity index (χ0v) is 10.0. The van der Waals surface area contributed by atoms with Crippen molar-refractivity contribution >= 4 is 11.7 Å². The molecule has 0 aliphatic heterocycles. The van der Waals surface area contributed by atoms with Crippen LogP contribution in [-0.2, 0) is 0 Å². The van der Waals surface area contributed by atoms with Crippen LogP contribution >= 0.6 is 0 Å². The molecule has 0 radical (unpaired) electrons. The SMILES string of the molecule is CN(CC/C(N)=N/O)C(=O)c1cc(F)c(F)c(F)c1. The molecule has 0 aliphatic carbocycles. The Balaban J connectivity index is 2.83. The number of carbonyl (C=O) groups excluding carboxylic acids is 1. The van der Waals surface area contributed by atoms with E-state index in [0.29, 0.717) is 12.1 Å². The molecule has 1 rings (SSSR count).